The molecule has 4 rings (SSSR count). The van der Waals surface area contributed by atoms with Crippen molar-refractivity contribution in [2.24, 2.45) is 0 Å². The molecule has 0 radical (unpaired) electrons. The van der Waals surface area contributed by atoms with Crippen molar-refractivity contribution in [2.75, 3.05) is 19.6 Å². The van der Waals surface area contributed by atoms with Gasteiger partial charge in [-0.2, -0.15) is 0 Å². The smallest absolute Gasteiger partial charge is 0.131 e. The zero-order valence-electron chi connectivity index (χ0n) is 18.0. The highest BCUT2D eigenvalue weighted by Crippen LogP contribution is 2.36. The minimum atomic E-state index is -0.237. The van der Waals surface area contributed by atoms with Crippen LogP contribution in [0.4, 0.5) is 4.39 Å². The maximum absolute atomic E-state index is 14.7. The summed E-state index contributed by atoms with van der Waals surface area (Å²) in [5.41, 5.74) is 4.63. The highest BCUT2D eigenvalue weighted by Gasteiger charge is 2.20. The van der Waals surface area contributed by atoms with Crippen LogP contribution in [0.1, 0.15) is 41.9 Å². The molecule has 0 saturated carbocycles. The fourth-order valence-electron chi connectivity index (χ4n) is 4.55. The Morgan fingerprint density at radius 1 is 1.00 bits per heavy atom. The molecule has 3 aromatic carbocycles. The molecule has 1 saturated heterocycles. The Bertz CT molecular complexity index is 977. The summed E-state index contributed by atoms with van der Waals surface area (Å²) in [4.78, 5) is 0. The lowest BCUT2D eigenvalue weighted by Crippen LogP contribution is -2.33. The van der Waals surface area contributed by atoms with Gasteiger partial charge < -0.3 is 10.6 Å². The summed E-state index contributed by atoms with van der Waals surface area (Å²) in [5.74, 6) is -0.0695. The van der Waals surface area contributed by atoms with Crippen LogP contribution >= 0.6 is 11.6 Å². The number of aryl methyl sites for hydroxylation is 1. The average molecular weight is 437 g/mol. The molecule has 0 amide bonds. The van der Waals surface area contributed by atoms with Crippen molar-refractivity contribution in [1.82, 2.24) is 10.6 Å². The van der Waals surface area contributed by atoms with Crippen LogP contribution in [0.3, 0.4) is 0 Å². The van der Waals surface area contributed by atoms with Gasteiger partial charge in [0.15, 0.2) is 0 Å². The lowest BCUT2D eigenvalue weighted by molar-refractivity contribution is 0.460. The Labute approximate surface area is 189 Å². The lowest BCUT2D eigenvalue weighted by atomic mass is 9.88. The molecule has 2 atom stereocenters. The van der Waals surface area contributed by atoms with Crippen LogP contribution in [0, 0.1) is 12.7 Å². The largest absolute Gasteiger partial charge is 0.317 e. The summed E-state index contributed by atoms with van der Waals surface area (Å²) in [6, 6.07) is 22.3. The molecule has 1 aliphatic rings. The lowest BCUT2D eigenvalue weighted by Gasteiger charge is -2.24. The second-order valence-electron chi connectivity index (χ2n) is 8.42. The Morgan fingerprint density at radius 2 is 1.84 bits per heavy atom. The predicted octanol–water partition coefficient (Wildman–Crippen LogP) is 6.32. The van der Waals surface area contributed by atoms with Crippen molar-refractivity contribution in [3.63, 3.8) is 0 Å². The molecular formula is C27H30ClFN2. The van der Waals surface area contributed by atoms with Crippen molar-refractivity contribution in [2.45, 2.75) is 38.1 Å². The predicted molar refractivity (Wildman–Crippen MR) is 128 cm³/mol. The van der Waals surface area contributed by atoms with Crippen LogP contribution in [0.5, 0.6) is 0 Å². The molecule has 2 nitrogen and oxygen atoms in total. The standard InChI is InChI=1S/C27H30ClFN2/c1-19-7-5-11-26(29)27(19)23-17-21(12-13-25(23)28)24(20-8-3-2-4-9-20)18-31-22-10-6-15-30-16-14-22/h2-5,7-9,11-13,17,22,24,30-31H,6,10,14-16,18H2,1H3. The van der Waals surface area contributed by atoms with E-state index in [0.717, 1.165) is 42.7 Å². The van der Waals surface area contributed by atoms with Crippen LogP contribution in [0.2, 0.25) is 5.02 Å². The van der Waals surface area contributed by atoms with Gasteiger partial charge in [0.05, 0.1) is 0 Å². The van der Waals surface area contributed by atoms with Gasteiger partial charge in [0, 0.05) is 34.7 Å². The minimum Gasteiger partial charge on any atom is -0.317 e. The Kier molecular flexibility index (Phi) is 7.39. The van der Waals surface area contributed by atoms with Crippen molar-refractivity contribution < 1.29 is 4.39 Å². The number of hydrogen-bond donors (Lipinski definition) is 2. The Balaban J connectivity index is 1.68. The normalized spacial score (nSPS) is 17.8. The van der Waals surface area contributed by atoms with Crippen molar-refractivity contribution in [3.8, 4) is 11.1 Å². The van der Waals surface area contributed by atoms with Gasteiger partial charge in [-0.3, -0.25) is 0 Å². The molecule has 2 unspecified atom stereocenters. The molecule has 0 aromatic heterocycles. The third kappa shape index (κ3) is 5.35. The van der Waals surface area contributed by atoms with E-state index in [9.17, 15) is 4.39 Å². The zero-order chi connectivity index (χ0) is 21.6. The monoisotopic (exact) mass is 436 g/mol. The fourth-order valence-corrected chi connectivity index (χ4v) is 4.76. The van der Waals surface area contributed by atoms with E-state index >= 15 is 0 Å². The number of rotatable bonds is 6. The van der Waals surface area contributed by atoms with Gasteiger partial charge in [0.1, 0.15) is 5.82 Å². The first-order chi connectivity index (χ1) is 15.1. The number of benzene rings is 3. The molecule has 162 valence electrons. The van der Waals surface area contributed by atoms with Gasteiger partial charge in [-0.05, 0) is 74.2 Å². The topological polar surface area (TPSA) is 24.1 Å². The van der Waals surface area contributed by atoms with Crippen molar-refractivity contribution in [3.05, 3.63) is 94.3 Å². The van der Waals surface area contributed by atoms with E-state index in [1.165, 1.54) is 24.5 Å². The molecule has 1 aliphatic heterocycles. The number of nitrogens with one attached hydrogen (secondary N) is 2. The second kappa shape index (κ2) is 10.4. The number of hydrogen-bond acceptors (Lipinski definition) is 2. The first-order valence-corrected chi connectivity index (χ1v) is 11.6. The highest BCUT2D eigenvalue weighted by atomic mass is 35.5. The van der Waals surface area contributed by atoms with Crippen LogP contribution in [-0.2, 0) is 0 Å². The SMILES string of the molecule is Cc1cccc(F)c1-c1cc(C(CNC2CCCNCC2)c2ccccc2)ccc1Cl. The van der Waals surface area contributed by atoms with Crippen LogP contribution < -0.4 is 10.6 Å². The van der Waals surface area contributed by atoms with Crippen LogP contribution in [0.15, 0.2) is 66.7 Å². The summed E-state index contributed by atoms with van der Waals surface area (Å²) in [5, 5.41) is 7.86. The molecular weight excluding hydrogens is 407 g/mol. The van der Waals surface area contributed by atoms with Crippen molar-refractivity contribution >= 4 is 11.6 Å². The molecule has 0 bridgehead atoms. The van der Waals surface area contributed by atoms with Gasteiger partial charge in [-0.15, -0.1) is 0 Å². The van der Waals surface area contributed by atoms with Crippen molar-refractivity contribution in [1.29, 1.82) is 0 Å². The first kappa shape index (κ1) is 22.0. The van der Waals surface area contributed by atoms with Gasteiger partial charge in [-0.1, -0.05) is 60.1 Å². The molecule has 2 N–H and O–H groups in total. The quantitative estimate of drug-likeness (QED) is 0.472. The highest BCUT2D eigenvalue weighted by molar-refractivity contribution is 6.33. The van der Waals surface area contributed by atoms with E-state index in [2.05, 4.69) is 47.0 Å². The molecule has 0 aliphatic carbocycles. The second-order valence-corrected chi connectivity index (χ2v) is 8.83. The summed E-state index contributed by atoms with van der Waals surface area (Å²) < 4.78 is 14.7. The van der Waals surface area contributed by atoms with E-state index < -0.39 is 0 Å². The van der Waals surface area contributed by atoms with E-state index in [1.807, 2.05) is 25.1 Å². The summed E-state index contributed by atoms with van der Waals surface area (Å²) in [7, 11) is 0. The Hall–Kier alpha value is -2.20. The molecule has 1 fully saturated rings. The van der Waals surface area contributed by atoms with Gasteiger partial charge in [0.2, 0.25) is 0 Å². The van der Waals surface area contributed by atoms with E-state index in [1.54, 1.807) is 6.07 Å². The minimum absolute atomic E-state index is 0.167. The molecule has 1 heterocycles. The molecule has 31 heavy (non-hydrogen) atoms. The first-order valence-electron chi connectivity index (χ1n) is 11.2. The molecule has 3 aromatic rings. The van der Waals surface area contributed by atoms with E-state index in [-0.39, 0.29) is 11.7 Å². The summed E-state index contributed by atoms with van der Waals surface area (Å²) in [6.07, 6.45) is 3.53. The maximum atomic E-state index is 14.7. The summed E-state index contributed by atoms with van der Waals surface area (Å²) >= 11 is 6.55. The molecule has 0 spiro atoms. The van der Waals surface area contributed by atoms with E-state index in [0.29, 0.717) is 16.6 Å². The summed E-state index contributed by atoms with van der Waals surface area (Å²) in [6.45, 7) is 4.93. The van der Waals surface area contributed by atoms with Crippen LogP contribution in [-0.4, -0.2) is 25.7 Å². The zero-order valence-corrected chi connectivity index (χ0v) is 18.8. The van der Waals surface area contributed by atoms with Gasteiger partial charge in [0.25, 0.3) is 0 Å². The fraction of sp³-hybridized carbons (Fsp3) is 0.333. The maximum Gasteiger partial charge on any atom is 0.131 e. The van der Waals surface area contributed by atoms with Gasteiger partial charge in [-0.25, -0.2) is 4.39 Å². The third-order valence-corrected chi connectivity index (χ3v) is 6.60. The average Bonchev–Trinajstić information content (AvgIpc) is 3.05. The molecule has 4 heteroatoms. The van der Waals surface area contributed by atoms with Crippen LogP contribution in [0.25, 0.3) is 11.1 Å². The Morgan fingerprint density at radius 3 is 2.65 bits per heavy atom. The number of halogens is 2. The van der Waals surface area contributed by atoms with E-state index in [4.69, 9.17) is 11.6 Å². The third-order valence-electron chi connectivity index (χ3n) is 6.27. The van der Waals surface area contributed by atoms with Gasteiger partial charge >= 0.3 is 0 Å².